The Morgan fingerprint density at radius 1 is 0.750 bits per heavy atom. The van der Waals surface area contributed by atoms with Gasteiger partial charge in [-0.05, 0) is 0 Å². The van der Waals surface area contributed by atoms with Gasteiger partial charge in [0.25, 0.3) is 0 Å². The average molecular weight is 527 g/mol. The van der Waals surface area contributed by atoms with E-state index in [1.165, 1.54) is 3.27 Å². The van der Waals surface area contributed by atoms with Crippen molar-refractivity contribution < 1.29 is 8.42 Å². The van der Waals surface area contributed by atoms with Crippen molar-refractivity contribution in [3.8, 4) is 6.07 Å². The van der Waals surface area contributed by atoms with E-state index in [9.17, 15) is 8.42 Å². The van der Waals surface area contributed by atoms with Crippen LogP contribution in [0.15, 0.2) is 82.6 Å². The first-order valence-electron chi connectivity index (χ1n) is 7.36. The molecular formula is C19H12BiNO2S. The van der Waals surface area contributed by atoms with Crippen LogP contribution in [0.5, 0.6) is 0 Å². The van der Waals surface area contributed by atoms with E-state index in [1.54, 1.807) is 24.3 Å². The second-order valence-corrected chi connectivity index (χ2v) is 15.7. The van der Waals surface area contributed by atoms with E-state index >= 15 is 0 Å². The van der Waals surface area contributed by atoms with Crippen molar-refractivity contribution in [1.29, 1.82) is 5.26 Å². The molecule has 0 saturated heterocycles. The van der Waals surface area contributed by atoms with Crippen LogP contribution in [0, 0.1) is 11.3 Å². The summed E-state index contributed by atoms with van der Waals surface area (Å²) < 4.78 is 29.1. The third-order valence-electron chi connectivity index (χ3n) is 4.05. The topological polar surface area (TPSA) is 57.9 Å². The Hall–Kier alpha value is -2.02. The number of benzene rings is 3. The van der Waals surface area contributed by atoms with Gasteiger partial charge in [0.15, 0.2) is 0 Å². The molecule has 0 amide bonds. The molecule has 3 aromatic carbocycles. The van der Waals surface area contributed by atoms with Gasteiger partial charge in [0.05, 0.1) is 0 Å². The molecule has 0 atom stereocenters. The van der Waals surface area contributed by atoms with Gasteiger partial charge in [-0.25, -0.2) is 0 Å². The van der Waals surface area contributed by atoms with Gasteiger partial charge in [-0.15, -0.1) is 0 Å². The van der Waals surface area contributed by atoms with Gasteiger partial charge in [-0.2, -0.15) is 0 Å². The molecule has 116 valence electrons. The number of fused-ring (bicyclic) bond motifs is 2. The molecule has 0 unspecified atom stereocenters. The molecule has 3 nitrogen and oxygen atoms in total. The van der Waals surface area contributed by atoms with Crippen LogP contribution in [0.3, 0.4) is 0 Å². The summed E-state index contributed by atoms with van der Waals surface area (Å²) in [6.45, 7) is 0. The third kappa shape index (κ3) is 2.30. The minimum atomic E-state index is -3.46. The molecule has 0 aliphatic carbocycles. The fourth-order valence-corrected chi connectivity index (χ4v) is 17.8. The van der Waals surface area contributed by atoms with Crippen LogP contribution in [0.4, 0.5) is 0 Å². The van der Waals surface area contributed by atoms with Crippen molar-refractivity contribution >= 4 is 41.4 Å². The van der Waals surface area contributed by atoms with Crippen LogP contribution in [0.2, 0.25) is 0 Å². The molecule has 1 aliphatic rings. The molecule has 0 fully saturated rings. The summed E-state index contributed by atoms with van der Waals surface area (Å²) in [6, 6.07) is 24.5. The number of hydrogen-bond donors (Lipinski definition) is 0. The minimum absolute atomic E-state index is 0.450. The van der Waals surface area contributed by atoms with Crippen LogP contribution >= 0.6 is 0 Å². The Labute approximate surface area is 148 Å². The number of rotatable bonds is 1. The van der Waals surface area contributed by atoms with E-state index in [1.807, 2.05) is 48.5 Å². The Morgan fingerprint density at radius 2 is 1.25 bits per heavy atom. The van der Waals surface area contributed by atoms with Crippen molar-refractivity contribution in [2.24, 2.45) is 0 Å². The molecular weight excluding hydrogens is 515 g/mol. The third-order valence-corrected chi connectivity index (χ3v) is 17.1. The van der Waals surface area contributed by atoms with Gasteiger partial charge in [-0.3, -0.25) is 0 Å². The van der Waals surface area contributed by atoms with E-state index < -0.39 is 31.6 Å². The van der Waals surface area contributed by atoms with Crippen molar-refractivity contribution in [2.75, 3.05) is 0 Å². The fourth-order valence-electron chi connectivity index (χ4n) is 2.95. The second kappa shape index (κ2) is 5.81. The van der Waals surface area contributed by atoms with E-state index in [-0.39, 0.29) is 0 Å². The standard InChI is InChI=1S/C12H8O2S.C7H4N.Bi/c13-15(14,11-7-3-1-4-8-11)12-9-5-2-6-10-12;8-6-7-4-2-1-3-5-7;/h1-7,9H;2-5H;. The van der Waals surface area contributed by atoms with Gasteiger partial charge in [0.2, 0.25) is 0 Å². The second-order valence-electron chi connectivity index (χ2n) is 5.43. The number of nitrogens with zero attached hydrogens (tertiary/aromatic N) is 1. The molecule has 0 saturated carbocycles. The molecule has 5 heteroatoms. The number of hydrogen-bond acceptors (Lipinski definition) is 3. The monoisotopic (exact) mass is 527 g/mol. The predicted octanol–water partition coefficient (Wildman–Crippen LogP) is 1.22. The van der Waals surface area contributed by atoms with Crippen LogP contribution in [0.25, 0.3) is 0 Å². The molecule has 0 spiro atoms. The molecule has 1 aliphatic heterocycles. The Kier molecular flexibility index (Phi) is 3.75. The van der Waals surface area contributed by atoms with Crippen LogP contribution in [0.1, 0.15) is 5.56 Å². The molecule has 3 aromatic rings. The zero-order valence-corrected chi connectivity index (χ0v) is 16.8. The SMILES string of the molecule is N#Cc1cc[c]([Bi]2[c]3ccccc3S(=O)(=O)c3cccc[c]32)cc1. The number of sulfone groups is 1. The van der Waals surface area contributed by atoms with E-state index in [2.05, 4.69) is 6.07 Å². The van der Waals surface area contributed by atoms with Crippen molar-refractivity contribution in [3.63, 3.8) is 0 Å². The van der Waals surface area contributed by atoms with E-state index in [4.69, 9.17) is 5.26 Å². The maximum atomic E-state index is 13.0. The molecule has 0 radical (unpaired) electrons. The van der Waals surface area contributed by atoms with E-state index in [0.29, 0.717) is 15.4 Å². The quantitative estimate of drug-likeness (QED) is 0.350. The predicted molar refractivity (Wildman–Crippen MR) is 94.1 cm³/mol. The molecule has 1 heterocycles. The first kappa shape index (κ1) is 15.5. The van der Waals surface area contributed by atoms with Crippen molar-refractivity contribution in [3.05, 3.63) is 78.4 Å². The Bertz CT molecular complexity index is 1030. The summed E-state index contributed by atoms with van der Waals surface area (Å²) in [4.78, 5) is 0.900. The average Bonchev–Trinajstić information content (AvgIpc) is 2.63. The van der Waals surface area contributed by atoms with Crippen LogP contribution in [-0.2, 0) is 9.84 Å². The van der Waals surface area contributed by atoms with Gasteiger partial charge < -0.3 is 0 Å². The molecule has 0 bridgehead atoms. The summed E-state index contributed by atoms with van der Waals surface area (Å²) in [5, 5.41) is 9.01. The molecule has 0 N–H and O–H groups in total. The van der Waals surface area contributed by atoms with Crippen molar-refractivity contribution in [2.45, 2.75) is 9.79 Å². The zero-order valence-electron chi connectivity index (χ0n) is 12.5. The van der Waals surface area contributed by atoms with Crippen molar-refractivity contribution in [1.82, 2.24) is 0 Å². The maximum absolute atomic E-state index is 13.0. The van der Waals surface area contributed by atoms with Crippen LogP contribution in [-0.4, -0.2) is 30.2 Å². The summed E-state index contributed by atoms with van der Waals surface area (Å²) in [5.41, 5.74) is 0.619. The number of nitriles is 1. The summed E-state index contributed by atoms with van der Waals surface area (Å²) in [6.07, 6.45) is 0. The zero-order chi connectivity index (χ0) is 16.7. The van der Waals surface area contributed by atoms with Gasteiger partial charge in [0.1, 0.15) is 0 Å². The van der Waals surface area contributed by atoms with Crippen LogP contribution < -0.4 is 9.81 Å². The first-order chi connectivity index (χ1) is 11.6. The fraction of sp³-hybridized carbons (Fsp3) is 0. The Morgan fingerprint density at radius 3 is 1.75 bits per heavy atom. The Balaban J connectivity index is 2.03. The normalized spacial score (nSPS) is 15.1. The molecule has 24 heavy (non-hydrogen) atoms. The molecule has 0 aromatic heterocycles. The van der Waals surface area contributed by atoms with Gasteiger partial charge >= 0.3 is 149 Å². The van der Waals surface area contributed by atoms with E-state index in [0.717, 1.165) is 6.54 Å². The van der Waals surface area contributed by atoms with Gasteiger partial charge in [0, 0.05) is 0 Å². The molecule has 4 rings (SSSR count). The van der Waals surface area contributed by atoms with Gasteiger partial charge in [-0.1, -0.05) is 0 Å². The summed E-state index contributed by atoms with van der Waals surface area (Å²) in [7, 11) is -3.46. The first-order valence-corrected chi connectivity index (χ1v) is 14.1. The summed E-state index contributed by atoms with van der Waals surface area (Å²) in [5.74, 6) is 0. The summed E-state index contributed by atoms with van der Waals surface area (Å²) >= 11 is -2.69.